The Morgan fingerprint density at radius 2 is 1.68 bits per heavy atom. The number of benzene rings is 3. The lowest BCUT2D eigenvalue weighted by Gasteiger charge is -2.08. The first kappa shape index (κ1) is 28.4. The fraction of sp³-hybridized carbons (Fsp3) is 0.214. The van der Waals surface area contributed by atoms with E-state index in [4.69, 9.17) is 9.84 Å². The molecule has 1 amide bonds. The van der Waals surface area contributed by atoms with Crippen molar-refractivity contribution < 1.29 is 28.8 Å². The van der Waals surface area contributed by atoms with Crippen molar-refractivity contribution in [1.29, 1.82) is 0 Å². The lowest BCUT2D eigenvalue weighted by Crippen LogP contribution is -2.51. The molecule has 1 heterocycles. The number of carbonyl (C=O) groups is 1. The zero-order valence-electron chi connectivity index (χ0n) is 21.9. The van der Waals surface area contributed by atoms with Crippen molar-refractivity contribution in [3.05, 3.63) is 95.3 Å². The van der Waals surface area contributed by atoms with Crippen LogP contribution in [-0.2, 0) is 16.4 Å². The van der Waals surface area contributed by atoms with Gasteiger partial charge in [-0.2, -0.15) is 5.10 Å². The van der Waals surface area contributed by atoms with Crippen LogP contribution in [0.25, 0.3) is 16.8 Å². The van der Waals surface area contributed by atoms with E-state index in [1.807, 2.05) is 16.8 Å². The number of nitrogens with one attached hydrogen (secondary N) is 1. The van der Waals surface area contributed by atoms with Gasteiger partial charge >= 0.3 is 0 Å². The van der Waals surface area contributed by atoms with Gasteiger partial charge in [0.05, 0.1) is 29.9 Å². The molecule has 0 saturated carbocycles. The van der Waals surface area contributed by atoms with Crippen molar-refractivity contribution in [2.24, 2.45) is 0 Å². The SMILES string of the molecule is COc1cccc(-c2c(C)nn(-c3ccc(CC[NH3+])cc3)c2C)c1.Cc1ccc(S(=O)(=O)NC(=O)[O-])cc1. The fourth-order valence-electron chi connectivity index (χ4n) is 3.98. The van der Waals surface area contributed by atoms with Gasteiger partial charge in [0.1, 0.15) is 11.8 Å². The van der Waals surface area contributed by atoms with Gasteiger partial charge in [-0.3, -0.25) is 4.72 Å². The molecular formula is C28H32N4O5S. The molecule has 1 aromatic heterocycles. The van der Waals surface area contributed by atoms with E-state index in [1.165, 1.54) is 22.4 Å². The summed E-state index contributed by atoms with van der Waals surface area (Å²) in [6, 6.07) is 22.5. The van der Waals surface area contributed by atoms with Crippen LogP contribution in [0.3, 0.4) is 0 Å². The molecule has 0 aliphatic heterocycles. The molecule has 0 bridgehead atoms. The molecule has 0 saturated heterocycles. The third-order valence-electron chi connectivity index (χ3n) is 5.85. The Morgan fingerprint density at radius 1 is 1.03 bits per heavy atom. The quantitative estimate of drug-likeness (QED) is 0.372. The number of sulfonamides is 1. The second-order valence-electron chi connectivity index (χ2n) is 8.67. The van der Waals surface area contributed by atoms with Crippen molar-refractivity contribution in [2.45, 2.75) is 32.1 Å². The van der Waals surface area contributed by atoms with Crippen LogP contribution < -0.4 is 20.3 Å². The van der Waals surface area contributed by atoms with E-state index < -0.39 is 16.1 Å². The van der Waals surface area contributed by atoms with E-state index in [2.05, 4.69) is 56.0 Å². The number of methoxy groups -OCH3 is 1. The Balaban J connectivity index is 0.000000244. The van der Waals surface area contributed by atoms with Crippen molar-refractivity contribution >= 4 is 16.1 Å². The van der Waals surface area contributed by atoms with Crippen LogP contribution in [0.5, 0.6) is 5.75 Å². The lowest BCUT2D eigenvalue weighted by atomic mass is 10.0. The average Bonchev–Trinajstić information content (AvgIpc) is 3.18. The molecule has 0 aliphatic rings. The molecule has 4 aromatic rings. The minimum absolute atomic E-state index is 0.104. The standard InChI is InChI=1S/C20H23N3O.C8H9NO4S/c1-14-20(17-5-4-6-19(13-17)24-3)15(2)23(22-14)18-9-7-16(8-10-18)11-12-21;1-6-2-4-7(5-3-6)14(12,13)9-8(10)11/h4-10,13H,11-12,21H2,1-3H3;2-5,9H,1H3,(H,10,11). The molecule has 0 spiro atoms. The van der Waals surface area contributed by atoms with E-state index >= 15 is 0 Å². The second-order valence-corrected chi connectivity index (χ2v) is 10.3. The molecule has 38 heavy (non-hydrogen) atoms. The van der Waals surface area contributed by atoms with Crippen LogP contribution in [0.2, 0.25) is 0 Å². The van der Waals surface area contributed by atoms with Crippen molar-refractivity contribution in [3.8, 4) is 22.6 Å². The normalized spacial score (nSPS) is 10.9. The predicted octanol–water partition coefficient (Wildman–Crippen LogP) is 2.57. The average molecular weight is 537 g/mol. The van der Waals surface area contributed by atoms with Crippen LogP contribution in [0.4, 0.5) is 4.79 Å². The third-order valence-corrected chi connectivity index (χ3v) is 7.17. The summed E-state index contributed by atoms with van der Waals surface area (Å²) in [6.07, 6.45) is -0.836. The summed E-state index contributed by atoms with van der Waals surface area (Å²) < 4.78 is 31.1. The van der Waals surface area contributed by atoms with Gasteiger partial charge in [-0.15, -0.1) is 0 Å². The molecular weight excluding hydrogens is 504 g/mol. The summed E-state index contributed by atoms with van der Waals surface area (Å²) in [5.74, 6) is 0.858. The summed E-state index contributed by atoms with van der Waals surface area (Å²) in [5, 5.41) is 14.8. The second kappa shape index (κ2) is 12.4. The zero-order chi connectivity index (χ0) is 27.9. The highest BCUT2D eigenvalue weighted by atomic mass is 32.2. The summed E-state index contributed by atoms with van der Waals surface area (Å²) in [4.78, 5) is 9.95. The first-order chi connectivity index (χ1) is 18.1. The summed E-state index contributed by atoms with van der Waals surface area (Å²) in [6.45, 7) is 6.87. The highest BCUT2D eigenvalue weighted by molar-refractivity contribution is 7.90. The predicted molar refractivity (Wildman–Crippen MR) is 143 cm³/mol. The highest BCUT2D eigenvalue weighted by Gasteiger charge is 2.15. The molecule has 0 aliphatic carbocycles. The Labute approximate surface area is 222 Å². The number of nitrogens with zero attached hydrogens (tertiary/aromatic N) is 2. The number of quaternary nitrogens is 1. The largest absolute Gasteiger partial charge is 0.529 e. The smallest absolute Gasteiger partial charge is 0.262 e. The van der Waals surface area contributed by atoms with E-state index in [9.17, 15) is 18.3 Å². The van der Waals surface area contributed by atoms with E-state index in [1.54, 1.807) is 26.2 Å². The Morgan fingerprint density at radius 3 is 2.26 bits per heavy atom. The molecule has 3 aromatic carbocycles. The van der Waals surface area contributed by atoms with Crippen LogP contribution >= 0.6 is 0 Å². The van der Waals surface area contributed by atoms with Gasteiger partial charge in [0.25, 0.3) is 10.0 Å². The van der Waals surface area contributed by atoms with Crippen LogP contribution in [0, 0.1) is 20.8 Å². The summed E-state index contributed by atoms with van der Waals surface area (Å²) in [7, 11) is -2.30. The molecule has 200 valence electrons. The Kier molecular flexibility index (Phi) is 9.27. The number of carbonyl (C=O) groups excluding carboxylic acids is 1. The molecule has 4 rings (SSSR count). The van der Waals surface area contributed by atoms with E-state index in [-0.39, 0.29) is 4.90 Å². The Hall–Kier alpha value is -4.15. The zero-order valence-corrected chi connectivity index (χ0v) is 22.7. The lowest BCUT2D eigenvalue weighted by molar-refractivity contribution is -0.366. The maximum atomic E-state index is 11.2. The van der Waals surface area contributed by atoms with Gasteiger partial charge in [-0.05, 0) is 68.3 Å². The summed E-state index contributed by atoms with van der Waals surface area (Å²) in [5.41, 5.74) is 11.6. The fourth-order valence-corrected chi connectivity index (χ4v) is 4.82. The number of ether oxygens (including phenoxy) is 1. The highest BCUT2D eigenvalue weighted by Crippen LogP contribution is 2.31. The van der Waals surface area contributed by atoms with Gasteiger partial charge in [-0.1, -0.05) is 42.0 Å². The van der Waals surface area contributed by atoms with E-state index in [0.29, 0.717) is 0 Å². The van der Waals surface area contributed by atoms with Gasteiger partial charge in [0, 0.05) is 17.7 Å². The molecule has 9 nitrogen and oxygen atoms in total. The van der Waals surface area contributed by atoms with Crippen LogP contribution in [-0.4, -0.2) is 37.9 Å². The number of carboxylic acid groups (broad SMARTS) is 1. The van der Waals surface area contributed by atoms with Crippen molar-refractivity contribution in [1.82, 2.24) is 14.5 Å². The van der Waals surface area contributed by atoms with E-state index in [0.717, 1.165) is 52.5 Å². The van der Waals surface area contributed by atoms with Crippen molar-refractivity contribution in [3.63, 3.8) is 0 Å². The number of hydrogen-bond acceptors (Lipinski definition) is 6. The molecule has 10 heteroatoms. The van der Waals surface area contributed by atoms with Gasteiger partial charge in [0.2, 0.25) is 0 Å². The maximum Gasteiger partial charge on any atom is 0.262 e. The topological polar surface area (TPSA) is 141 Å². The number of hydrogen-bond donors (Lipinski definition) is 2. The number of aryl methyl sites for hydroxylation is 2. The third kappa shape index (κ3) is 6.99. The van der Waals surface area contributed by atoms with Gasteiger partial charge in [0.15, 0.2) is 0 Å². The van der Waals surface area contributed by atoms with Gasteiger partial charge in [-0.25, -0.2) is 13.1 Å². The summed E-state index contributed by atoms with van der Waals surface area (Å²) >= 11 is 0. The Bertz CT molecular complexity index is 1500. The molecule has 0 atom stereocenters. The van der Waals surface area contributed by atoms with Gasteiger partial charge < -0.3 is 20.4 Å². The first-order valence-electron chi connectivity index (χ1n) is 12.0. The van der Waals surface area contributed by atoms with Crippen molar-refractivity contribution in [2.75, 3.05) is 13.7 Å². The molecule has 0 unspecified atom stereocenters. The first-order valence-corrected chi connectivity index (χ1v) is 13.4. The molecule has 0 radical (unpaired) electrons. The maximum absolute atomic E-state index is 11.2. The number of amides is 1. The minimum atomic E-state index is -3.99. The van der Waals surface area contributed by atoms with Crippen LogP contribution in [0.15, 0.2) is 77.7 Å². The van der Waals surface area contributed by atoms with Crippen LogP contribution in [0.1, 0.15) is 22.5 Å². The number of rotatable bonds is 7. The molecule has 0 fully saturated rings. The number of aromatic nitrogens is 2. The molecule has 4 N–H and O–H groups in total. The minimum Gasteiger partial charge on any atom is -0.529 e. The monoisotopic (exact) mass is 536 g/mol.